The van der Waals surface area contributed by atoms with E-state index in [1.54, 1.807) is 6.92 Å². The third kappa shape index (κ3) is 3.95. The molecule has 3 nitrogen and oxygen atoms in total. The van der Waals surface area contributed by atoms with Crippen LogP contribution in [0.5, 0.6) is 0 Å². The summed E-state index contributed by atoms with van der Waals surface area (Å²) < 4.78 is 56.2. The molecule has 1 N–H and O–H groups in total. The lowest BCUT2D eigenvalue weighted by Gasteiger charge is -2.57. The Balaban J connectivity index is 1.40. The highest BCUT2D eigenvalue weighted by Crippen LogP contribution is 2.69. The van der Waals surface area contributed by atoms with E-state index in [9.17, 15) is 18.3 Å². The molecule has 1 aliphatic heterocycles. The van der Waals surface area contributed by atoms with E-state index in [1.165, 1.54) is 11.1 Å². The van der Waals surface area contributed by atoms with Crippen LogP contribution in [-0.4, -0.2) is 35.9 Å². The number of allylic oxidation sites excluding steroid dienone is 7. The van der Waals surface area contributed by atoms with Crippen LogP contribution in [0.25, 0.3) is 0 Å². The summed E-state index contributed by atoms with van der Waals surface area (Å²) in [5.41, 5.74) is 0.149. The zero-order chi connectivity index (χ0) is 27.1. The van der Waals surface area contributed by atoms with Gasteiger partial charge < -0.3 is 14.6 Å². The molecule has 0 aromatic rings. The number of hydrogen-bond donors (Lipinski definition) is 1. The molecule has 38 heavy (non-hydrogen) atoms. The van der Waals surface area contributed by atoms with Crippen LogP contribution in [0.1, 0.15) is 78.6 Å². The third-order valence-corrected chi connectivity index (χ3v) is 11.3. The second-order valence-electron chi connectivity index (χ2n) is 14.1. The van der Waals surface area contributed by atoms with Crippen molar-refractivity contribution in [3.8, 4) is 0 Å². The van der Waals surface area contributed by atoms with Crippen LogP contribution < -0.4 is 0 Å². The highest BCUT2D eigenvalue weighted by Gasteiger charge is 2.72. The molecular formula is C32H43F3O3. The molecule has 6 heteroatoms. The maximum absolute atomic E-state index is 14.5. The van der Waals surface area contributed by atoms with Crippen molar-refractivity contribution < 1.29 is 27.8 Å². The molecule has 5 aliphatic carbocycles. The molecule has 3 saturated carbocycles. The Kier molecular flexibility index (Phi) is 6.22. The highest BCUT2D eigenvalue weighted by atomic mass is 19.4. The summed E-state index contributed by atoms with van der Waals surface area (Å²) in [6.07, 6.45) is 9.45. The summed E-state index contributed by atoms with van der Waals surface area (Å²) in [7, 11) is 0. The summed E-state index contributed by atoms with van der Waals surface area (Å²) in [6, 6.07) is 0. The Morgan fingerprint density at radius 2 is 1.76 bits per heavy atom. The van der Waals surface area contributed by atoms with Gasteiger partial charge in [-0.05, 0) is 80.1 Å². The minimum absolute atomic E-state index is 0.00731. The third-order valence-electron chi connectivity index (χ3n) is 11.3. The van der Waals surface area contributed by atoms with Crippen molar-refractivity contribution in [1.82, 2.24) is 0 Å². The second-order valence-corrected chi connectivity index (χ2v) is 14.1. The Morgan fingerprint density at radius 3 is 2.45 bits per heavy atom. The first-order chi connectivity index (χ1) is 17.8. The van der Waals surface area contributed by atoms with Gasteiger partial charge in [-0.15, -0.1) is 0 Å². The van der Waals surface area contributed by atoms with Crippen molar-refractivity contribution in [3.63, 3.8) is 0 Å². The van der Waals surface area contributed by atoms with E-state index < -0.39 is 23.0 Å². The minimum atomic E-state index is -4.63. The lowest BCUT2D eigenvalue weighted by Crippen LogP contribution is -2.60. The predicted octanol–water partition coefficient (Wildman–Crippen LogP) is 7.68. The molecule has 0 bridgehead atoms. The summed E-state index contributed by atoms with van der Waals surface area (Å²) in [4.78, 5) is 0. The van der Waals surface area contributed by atoms with Crippen molar-refractivity contribution in [3.05, 3.63) is 47.6 Å². The molecule has 7 atom stereocenters. The number of ether oxygens (including phenoxy) is 2. The molecule has 210 valence electrons. The number of rotatable bonds is 2. The van der Waals surface area contributed by atoms with E-state index in [0.717, 1.165) is 44.1 Å². The number of halogens is 3. The predicted molar refractivity (Wildman–Crippen MR) is 141 cm³/mol. The fourth-order valence-corrected chi connectivity index (χ4v) is 9.29. The summed E-state index contributed by atoms with van der Waals surface area (Å²) in [5.74, 6) is -0.0985. The molecule has 1 heterocycles. The van der Waals surface area contributed by atoms with Crippen LogP contribution in [-0.2, 0) is 9.47 Å². The zero-order valence-corrected chi connectivity index (χ0v) is 23.1. The summed E-state index contributed by atoms with van der Waals surface area (Å²) >= 11 is 0. The molecule has 1 spiro atoms. The number of hydrogen-bond acceptors (Lipinski definition) is 3. The normalized spacial score (nSPS) is 43.8. The number of fused-ring (bicyclic) bond motifs is 4. The molecule has 1 saturated heterocycles. The van der Waals surface area contributed by atoms with Crippen LogP contribution in [0.3, 0.4) is 0 Å². The first-order valence-corrected chi connectivity index (χ1v) is 14.6. The first-order valence-electron chi connectivity index (χ1n) is 14.6. The Bertz CT molecular complexity index is 1070. The van der Waals surface area contributed by atoms with E-state index in [4.69, 9.17) is 9.47 Å². The second kappa shape index (κ2) is 8.81. The fraction of sp³-hybridized carbons (Fsp3) is 0.750. The molecule has 6 aliphatic rings. The molecule has 6 rings (SSSR count). The van der Waals surface area contributed by atoms with Crippen molar-refractivity contribution in [2.75, 3.05) is 13.2 Å². The molecule has 0 amide bonds. The van der Waals surface area contributed by atoms with Gasteiger partial charge in [0.1, 0.15) is 0 Å². The van der Waals surface area contributed by atoms with Crippen molar-refractivity contribution in [2.24, 2.45) is 40.4 Å². The van der Waals surface area contributed by atoms with Gasteiger partial charge in [0.15, 0.2) is 11.4 Å². The SMILES string of the molecule is C=CC1=CC(C2CC3(C)C(CC[C@@]3(O)C(F)(F)F)C3CCC4CC5(CCC4=C23)OCC(C)(C)CO5)CC=C1. The highest BCUT2D eigenvalue weighted by molar-refractivity contribution is 5.38. The lowest BCUT2D eigenvalue weighted by molar-refractivity contribution is -0.312. The Hall–Kier alpha value is -1.37. The maximum atomic E-state index is 14.5. The van der Waals surface area contributed by atoms with Crippen LogP contribution in [0.4, 0.5) is 13.2 Å². The van der Waals surface area contributed by atoms with Gasteiger partial charge in [-0.25, -0.2) is 0 Å². The van der Waals surface area contributed by atoms with Gasteiger partial charge in [0, 0.05) is 23.7 Å². The molecule has 4 fully saturated rings. The quantitative estimate of drug-likeness (QED) is 0.371. The average Bonchev–Trinajstić information content (AvgIpc) is 3.17. The van der Waals surface area contributed by atoms with E-state index in [-0.39, 0.29) is 35.5 Å². The first kappa shape index (κ1) is 26.8. The monoisotopic (exact) mass is 532 g/mol. The van der Waals surface area contributed by atoms with Crippen LogP contribution in [0.2, 0.25) is 0 Å². The average molecular weight is 533 g/mol. The molecule has 6 unspecified atom stereocenters. The largest absolute Gasteiger partial charge is 0.417 e. The van der Waals surface area contributed by atoms with Crippen molar-refractivity contribution in [2.45, 2.75) is 96.1 Å². The standard InChI is InChI=1S/C32H43F3O3/c1-5-20-7-6-8-21(15-20)25-17-29(4)26(12-14-31(29,36)32(33,34)35)24-10-9-22-16-30(13-11-23(22)27(24)25)37-18-28(2,3)19-38-30/h5-7,15,21-22,24-26,36H,1,8-14,16-19H2,2-4H3/t21?,22?,24?,25?,26?,29?,31-/m0/s1. The summed E-state index contributed by atoms with van der Waals surface area (Å²) in [5, 5.41) is 11.3. The fourth-order valence-electron chi connectivity index (χ4n) is 9.29. The smallest absolute Gasteiger partial charge is 0.380 e. The van der Waals surface area contributed by atoms with Crippen molar-refractivity contribution >= 4 is 0 Å². The van der Waals surface area contributed by atoms with Gasteiger partial charge in [-0.3, -0.25) is 0 Å². The number of aliphatic hydroxyl groups is 1. The molecule has 0 radical (unpaired) electrons. The molecular weight excluding hydrogens is 489 g/mol. The van der Waals surface area contributed by atoms with Gasteiger partial charge in [-0.2, -0.15) is 13.2 Å². The van der Waals surface area contributed by atoms with Gasteiger partial charge >= 0.3 is 6.18 Å². The van der Waals surface area contributed by atoms with E-state index >= 15 is 0 Å². The van der Waals surface area contributed by atoms with Crippen LogP contribution in [0.15, 0.2) is 47.6 Å². The van der Waals surface area contributed by atoms with E-state index in [1.807, 2.05) is 6.08 Å². The Morgan fingerprint density at radius 1 is 1.03 bits per heavy atom. The van der Waals surface area contributed by atoms with Gasteiger partial charge in [0.2, 0.25) is 0 Å². The van der Waals surface area contributed by atoms with E-state index in [2.05, 4.69) is 38.7 Å². The van der Waals surface area contributed by atoms with Gasteiger partial charge in [0.05, 0.1) is 13.2 Å². The lowest BCUT2D eigenvalue weighted by atomic mass is 9.49. The van der Waals surface area contributed by atoms with Gasteiger partial charge in [-0.1, -0.05) is 62.8 Å². The Labute approximate surface area is 225 Å². The maximum Gasteiger partial charge on any atom is 0.417 e. The topological polar surface area (TPSA) is 38.7 Å². The summed E-state index contributed by atoms with van der Waals surface area (Å²) in [6.45, 7) is 11.4. The zero-order valence-electron chi connectivity index (χ0n) is 23.1. The van der Waals surface area contributed by atoms with Crippen LogP contribution in [0, 0.1) is 40.4 Å². The van der Waals surface area contributed by atoms with Gasteiger partial charge in [0.25, 0.3) is 0 Å². The number of alkyl halides is 3. The molecule has 0 aromatic heterocycles. The van der Waals surface area contributed by atoms with E-state index in [0.29, 0.717) is 32.0 Å². The minimum Gasteiger partial charge on any atom is -0.380 e. The van der Waals surface area contributed by atoms with Crippen molar-refractivity contribution in [1.29, 1.82) is 0 Å². The molecule has 0 aromatic carbocycles. The van der Waals surface area contributed by atoms with Crippen LogP contribution >= 0.6 is 0 Å².